The second-order valence-electron chi connectivity index (χ2n) is 11.1. The molecule has 0 radical (unpaired) electrons. The normalized spacial score (nSPS) is 13.4. The molecule has 1 aliphatic rings. The van der Waals surface area contributed by atoms with Gasteiger partial charge in [-0.25, -0.2) is 0 Å². The maximum atomic E-state index is 12.1. The van der Waals surface area contributed by atoms with Crippen LogP contribution in [-0.4, -0.2) is 42.9 Å². The summed E-state index contributed by atoms with van der Waals surface area (Å²) < 4.78 is 5.52. The SMILES string of the molecule is CCCCCCCCCCCCCC(=O)OCCN1CCN=C1CCCCCCCCCCCCC. The van der Waals surface area contributed by atoms with Gasteiger partial charge in [-0.15, -0.1) is 0 Å². The molecule has 0 fully saturated rings. The third-order valence-corrected chi connectivity index (χ3v) is 7.64. The van der Waals surface area contributed by atoms with Gasteiger partial charge in [0.05, 0.1) is 18.9 Å². The zero-order chi connectivity index (χ0) is 25.9. The zero-order valence-electron chi connectivity index (χ0n) is 24.5. The fourth-order valence-electron chi connectivity index (χ4n) is 5.23. The average Bonchev–Trinajstić information content (AvgIpc) is 3.33. The highest BCUT2D eigenvalue weighted by Gasteiger charge is 2.16. The Hall–Kier alpha value is -1.06. The van der Waals surface area contributed by atoms with E-state index in [0.29, 0.717) is 13.0 Å². The molecule has 0 saturated heterocycles. The third-order valence-electron chi connectivity index (χ3n) is 7.64. The smallest absolute Gasteiger partial charge is 0.305 e. The number of aliphatic imine (C=N–C) groups is 1. The van der Waals surface area contributed by atoms with Gasteiger partial charge in [0.25, 0.3) is 0 Å². The molecule has 4 nitrogen and oxygen atoms in total. The lowest BCUT2D eigenvalue weighted by atomic mass is 10.1. The molecular weight excluding hydrogens is 444 g/mol. The van der Waals surface area contributed by atoms with E-state index in [1.165, 1.54) is 134 Å². The molecule has 36 heavy (non-hydrogen) atoms. The molecule has 0 atom stereocenters. The summed E-state index contributed by atoms with van der Waals surface area (Å²) in [6.07, 6.45) is 31.2. The van der Waals surface area contributed by atoms with Gasteiger partial charge in [-0.2, -0.15) is 0 Å². The number of amidine groups is 1. The molecule has 0 unspecified atom stereocenters. The molecule has 0 bridgehead atoms. The van der Waals surface area contributed by atoms with Crippen LogP contribution in [0.4, 0.5) is 0 Å². The Bertz CT molecular complexity index is 520. The highest BCUT2D eigenvalue weighted by atomic mass is 16.5. The van der Waals surface area contributed by atoms with Crippen LogP contribution >= 0.6 is 0 Å². The summed E-state index contributed by atoms with van der Waals surface area (Å²) >= 11 is 0. The molecule has 0 N–H and O–H groups in total. The number of carbonyl (C=O) groups is 1. The second-order valence-corrected chi connectivity index (χ2v) is 11.1. The number of esters is 1. The maximum absolute atomic E-state index is 12.1. The summed E-state index contributed by atoms with van der Waals surface area (Å²) in [5.41, 5.74) is 0. The minimum atomic E-state index is -0.0195. The van der Waals surface area contributed by atoms with Gasteiger partial charge < -0.3 is 9.64 Å². The van der Waals surface area contributed by atoms with Gasteiger partial charge in [-0.05, 0) is 12.8 Å². The Balaban J connectivity index is 1.90. The van der Waals surface area contributed by atoms with Crippen LogP contribution in [0.5, 0.6) is 0 Å². The Morgan fingerprint density at radius 3 is 1.61 bits per heavy atom. The lowest BCUT2D eigenvalue weighted by molar-refractivity contribution is -0.143. The van der Waals surface area contributed by atoms with Crippen molar-refractivity contribution in [3.8, 4) is 0 Å². The van der Waals surface area contributed by atoms with E-state index >= 15 is 0 Å². The van der Waals surface area contributed by atoms with Crippen molar-refractivity contribution >= 4 is 11.8 Å². The van der Waals surface area contributed by atoms with Gasteiger partial charge >= 0.3 is 5.97 Å². The fourth-order valence-corrected chi connectivity index (χ4v) is 5.23. The molecular formula is C32H62N2O2. The fraction of sp³-hybridized carbons (Fsp3) is 0.938. The summed E-state index contributed by atoms with van der Waals surface area (Å²) in [7, 11) is 0. The van der Waals surface area contributed by atoms with Gasteiger partial charge in [-0.1, -0.05) is 142 Å². The van der Waals surface area contributed by atoms with E-state index < -0.39 is 0 Å². The van der Waals surface area contributed by atoms with Gasteiger partial charge in [0.15, 0.2) is 0 Å². The quantitative estimate of drug-likeness (QED) is 0.0822. The monoisotopic (exact) mass is 506 g/mol. The largest absolute Gasteiger partial charge is 0.464 e. The van der Waals surface area contributed by atoms with Gasteiger partial charge in [0.1, 0.15) is 6.61 Å². The topological polar surface area (TPSA) is 41.9 Å². The lowest BCUT2D eigenvalue weighted by Crippen LogP contribution is -2.31. The van der Waals surface area contributed by atoms with E-state index in [1.54, 1.807) is 0 Å². The van der Waals surface area contributed by atoms with E-state index in [4.69, 9.17) is 9.73 Å². The number of hydrogen-bond acceptors (Lipinski definition) is 4. The Labute approximate surface area is 225 Å². The first-order valence-electron chi connectivity index (χ1n) is 16.2. The minimum Gasteiger partial charge on any atom is -0.464 e. The molecule has 0 aromatic rings. The first kappa shape index (κ1) is 33.0. The molecule has 0 aliphatic carbocycles. The minimum absolute atomic E-state index is 0.0195. The number of carbonyl (C=O) groups excluding carboxylic acids is 1. The molecule has 1 aliphatic heterocycles. The van der Waals surface area contributed by atoms with E-state index in [9.17, 15) is 4.79 Å². The number of nitrogens with zero attached hydrogens (tertiary/aromatic N) is 2. The van der Waals surface area contributed by atoms with E-state index in [0.717, 1.165) is 38.9 Å². The first-order valence-corrected chi connectivity index (χ1v) is 16.2. The van der Waals surface area contributed by atoms with E-state index in [1.807, 2.05) is 0 Å². The molecule has 0 amide bonds. The van der Waals surface area contributed by atoms with Crippen molar-refractivity contribution in [1.82, 2.24) is 4.90 Å². The second kappa shape index (κ2) is 25.6. The van der Waals surface area contributed by atoms with Crippen molar-refractivity contribution in [2.45, 2.75) is 168 Å². The molecule has 0 saturated carbocycles. The Morgan fingerprint density at radius 1 is 0.667 bits per heavy atom. The lowest BCUT2D eigenvalue weighted by Gasteiger charge is -2.20. The van der Waals surface area contributed by atoms with Crippen molar-refractivity contribution in [2.24, 2.45) is 4.99 Å². The molecule has 4 heteroatoms. The maximum Gasteiger partial charge on any atom is 0.305 e. The molecule has 0 spiro atoms. The summed E-state index contributed by atoms with van der Waals surface area (Å²) in [5, 5.41) is 0. The molecule has 1 heterocycles. The average molecular weight is 507 g/mol. The predicted octanol–water partition coefficient (Wildman–Crippen LogP) is 9.65. The van der Waals surface area contributed by atoms with Crippen molar-refractivity contribution < 1.29 is 9.53 Å². The van der Waals surface area contributed by atoms with Crippen molar-refractivity contribution in [2.75, 3.05) is 26.2 Å². The van der Waals surface area contributed by atoms with Gasteiger partial charge in [0, 0.05) is 19.4 Å². The van der Waals surface area contributed by atoms with Crippen LogP contribution in [0, 0.1) is 0 Å². The van der Waals surface area contributed by atoms with Crippen molar-refractivity contribution in [3.63, 3.8) is 0 Å². The van der Waals surface area contributed by atoms with E-state index in [2.05, 4.69) is 18.7 Å². The molecule has 212 valence electrons. The molecule has 0 aromatic heterocycles. The van der Waals surface area contributed by atoms with Crippen LogP contribution in [0.25, 0.3) is 0 Å². The van der Waals surface area contributed by atoms with Crippen molar-refractivity contribution in [3.05, 3.63) is 0 Å². The third kappa shape index (κ3) is 20.0. The van der Waals surface area contributed by atoms with Crippen LogP contribution in [0.3, 0.4) is 0 Å². The van der Waals surface area contributed by atoms with Crippen LogP contribution in [0.1, 0.15) is 168 Å². The predicted molar refractivity (Wildman–Crippen MR) is 157 cm³/mol. The first-order chi connectivity index (χ1) is 17.8. The van der Waals surface area contributed by atoms with Crippen LogP contribution in [0.15, 0.2) is 4.99 Å². The molecule has 0 aromatic carbocycles. The number of rotatable bonds is 27. The molecule has 1 rings (SSSR count). The summed E-state index contributed by atoms with van der Waals surface area (Å²) in [5.74, 6) is 1.22. The van der Waals surface area contributed by atoms with E-state index in [-0.39, 0.29) is 5.97 Å². The van der Waals surface area contributed by atoms with Crippen LogP contribution in [-0.2, 0) is 9.53 Å². The summed E-state index contributed by atoms with van der Waals surface area (Å²) in [4.78, 5) is 19.1. The number of unbranched alkanes of at least 4 members (excludes halogenated alkanes) is 20. The standard InChI is InChI=1S/C32H62N2O2/c1-3-5-7-9-11-13-15-17-19-21-23-25-31-33-27-28-34(31)29-30-36-32(35)26-24-22-20-18-16-14-12-10-8-6-4-2/h3-30H2,1-2H3. The van der Waals surface area contributed by atoms with Gasteiger partial charge in [0.2, 0.25) is 0 Å². The Kier molecular flexibility index (Phi) is 23.4. The highest BCUT2D eigenvalue weighted by Crippen LogP contribution is 2.15. The number of ether oxygens (including phenoxy) is 1. The van der Waals surface area contributed by atoms with Crippen LogP contribution < -0.4 is 0 Å². The van der Waals surface area contributed by atoms with Crippen molar-refractivity contribution in [1.29, 1.82) is 0 Å². The van der Waals surface area contributed by atoms with Crippen LogP contribution in [0.2, 0.25) is 0 Å². The van der Waals surface area contributed by atoms with Gasteiger partial charge in [-0.3, -0.25) is 9.79 Å². The Morgan fingerprint density at radius 2 is 1.11 bits per heavy atom. The highest BCUT2D eigenvalue weighted by molar-refractivity contribution is 5.83. The number of hydrogen-bond donors (Lipinski definition) is 0. The zero-order valence-corrected chi connectivity index (χ0v) is 24.5. The summed E-state index contributed by atoms with van der Waals surface area (Å²) in [6, 6.07) is 0. The summed E-state index contributed by atoms with van der Waals surface area (Å²) in [6.45, 7) is 7.76.